The van der Waals surface area contributed by atoms with E-state index in [1.807, 2.05) is 25.1 Å². The van der Waals surface area contributed by atoms with Gasteiger partial charge in [-0.15, -0.1) is 6.58 Å². The quantitative estimate of drug-likeness (QED) is 0.613. The van der Waals surface area contributed by atoms with E-state index in [9.17, 15) is 9.59 Å². The third-order valence-electron chi connectivity index (χ3n) is 5.76. The van der Waals surface area contributed by atoms with Gasteiger partial charge in [-0.1, -0.05) is 37.3 Å². The fraction of sp³-hybridized carbons (Fsp3) is 0.545. The Morgan fingerprint density at radius 3 is 2.50 bits per heavy atom. The molecule has 0 aliphatic heterocycles. The van der Waals surface area contributed by atoms with Gasteiger partial charge in [-0.05, 0) is 56.6 Å². The molecule has 0 aromatic heterocycles. The first kappa shape index (κ1) is 18.6. The second-order valence-electron chi connectivity index (χ2n) is 7.22. The molecule has 130 valence electrons. The van der Waals surface area contributed by atoms with E-state index in [1.54, 1.807) is 0 Å². The van der Waals surface area contributed by atoms with Crippen molar-refractivity contribution >= 4 is 11.6 Å². The summed E-state index contributed by atoms with van der Waals surface area (Å²) in [5.74, 6) is 0.875. The molecule has 24 heavy (non-hydrogen) atoms. The van der Waals surface area contributed by atoms with Gasteiger partial charge in [0, 0.05) is 24.2 Å². The Bertz CT molecular complexity index is 592. The van der Waals surface area contributed by atoms with Gasteiger partial charge in [0.05, 0.1) is 0 Å². The number of carbonyl (C=O) groups excluding carboxylic acids is 2. The lowest BCUT2D eigenvalue weighted by Crippen LogP contribution is -2.37. The van der Waals surface area contributed by atoms with Crippen LogP contribution in [0.15, 0.2) is 36.9 Å². The summed E-state index contributed by atoms with van der Waals surface area (Å²) in [6.07, 6.45) is 8.02. The molecule has 1 saturated carbocycles. The van der Waals surface area contributed by atoms with Crippen molar-refractivity contribution in [1.29, 1.82) is 0 Å². The van der Waals surface area contributed by atoms with Gasteiger partial charge >= 0.3 is 0 Å². The first-order chi connectivity index (χ1) is 11.5. The molecule has 2 rings (SSSR count). The number of carbonyl (C=O) groups is 2. The van der Waals surface area contributed by atoms with Crippen LogP contribution in [-0.4, -0.2) is 11.6 Å². The fourth-order valence-electron chi connectivity index (χ4n) is 4.06. The van der Waals surface area contributed by atoms with Gasteiger partial charge in [0.2, 0.25) is 0 Å². The summed E-state index contributed by atoms with van der Waals surface area (Å²) in [5.41, 5.74) is 2.23. The maximum absolute atomic E-state index is 13.0. The lowest BCUT2D eigenvalue weighted by molar-refractivity contribution is -0.134. The van der Waals surface area contributed by atoms with Crippen molar-refractivity contribution in [2.45, 2.75) is 65.2 Å². The predicted octanol–water partition coefficient (Wildman–Crippen LogP) is 5.23. The van der Waals surface area contributed by atoms with Crippen LogP contribution < -0.4 is 0 Å². The molecule has 1 aliphatic rings. The average molecular weight is 326 g/mol. The van der Waals surface area contributed by atoms with Crippen LogP contribution in [0.25, 0.3) is 0 Å². The zero-order chi connectivity index (χ0) is 17.6. The molecule has 2 nitrogen and oxygen atoms in total. The number of ketones is 2. The van der Waals surface area contributed by atoms with E-state index in [0.29, 0.717) is 24.4 Å². The van der Waals surface area contributed by atoms with Crippen LogP contribution in [0.5, 0.6) is 0 Å². The molecule has 0 amide bonds. The molecule has 0 saturated heterocycles. The molecule has 0 spiro atoms. The summed E-state index contributed by atoms with van der Waals surface area (Å²) in [7, 11) is 0. The first-order valence-corrected chi connectivity index (χ1v) is 9.24. The monoisotopic (exact) mass is 326 g/mol. The van der Waals surface area contributed by atoms with E-state index in [0.717, 1.165) is 38.5 Å². The molecular formula is C22H30O2. The second kappa shape index (κ2) is 8.41. The van der Waals surface area contributed by atoms with Gasteiger partial charge in [0.1, 0.15) is 11.6 Å². The SMILES string of the molecule is C=CCC1(C(=O)CCc2ccccc2C)CCC(C(=O)CC)CC1. The number of rotatable bonds is 8. The Balaban J connectivity index is 2.02. The van der Waals surface area contributed by atoms with Gasteiger partial charge in [0.25, 0.3) is 0 Å². The summed E-state index contributed by atoms with van der Waals surface area (Å²) >= 11 is 0. The topological polar surface area (TPSA) is 34.1 Å². The van der Waals surface area contributed by atoms with E-state index in [-0.39, 0.29) is 11.3 Å². The van der Waals surface area contributed by atoms with Crippen molar-refractivity contribution in [3.05, 3.63) is 48.0 Å². The zero-order valence-corrected chi connectivity index (χ0v) is 15.1. The summed E-state index contributed by atoms with van der Waals surface area (Å²) in [5, 5.41) is 0. The highest BCUT2D eigenvalue weighted by atomic mass is 16.1. The molecule has 0 heterocycles. The molecule has 1 aromatic carbocycles. The van der Waals surface area contributed by atoms with Crippen molar-refractivity contribution in [3.63, 3.8) is 0 Å². The predicted molar refractivity (Wildman–Crippen MR) is 99.0 cm³/mol. The standard InChI is InChI=1S/C22H30O2/c1-4-14-22(15-12-19(13-16-22)20(23)5-2)21(24)11-10-18-9-7-6-8-17(18)3/h4,6-9,19H,1,5,10-16H2,2-3H3. The van der Waals surface area contributed by atoms with Crippen LogP contribution in [0.1, 0.15) is 63.0 Å². The number of benzene rings is 1. The summed E-state index contributed by atoms with van der Waals surface area (Å²) in [4.78, 5) is 25.0. The highest BCUT2D eigenvalue weighted by molar-refractivity contribution is 5.86. The number of allylic oxidation sites excluding steroid dienone is 1. The molecule has 0 unspecified atom stereocenters. The smallest absolute Gasteiger partial charge is 0.139 e. The summed E-state index contributed by atoms with van der Waals surface area (Å²) in [6, 6.07) is 8.28. The molecule has 0 N–H and O–H groups in total. The molecule has 0 atom stereocenters. The third kappa shape index (κ3) is 4.23. The zero-order valence-electron chi connectivity index (χ0n) is 15.1. The minimum Gasteiger partial charge on any atom is -0.299 e. The molecule has 0 bridgehead atoms. The van der Waals surface area contributed by atoms with Crippen LogP contribution in [-0.2, 0) is 16.0 Å². The van der Waals surface area contributed by atoms with Crippen LogP contribution in [0, 0.1) is 18.3 Å². The largest absolute Gasteiger partial charge is 0.299 e. The van der Waals surface area contributed by atoms with Crippen LogP contribution in [0.4, 0.5) is 0 Å². The molecule has 1 aromatic rings. The molecule has 2 heteroatoms. The number of hydrogen-bond donors (Lipinski definition) is 0. The van der Waals surface area contributed by atoms with E-state index in [2.05, 4.69) is 25.6 Å². The minimum atomic E-state index is -0.283. The van der Waals surface area contributed by atoms with Crippen molar-refractivity contribution in [2.75, 3.05) is 0 Å². The molecular weight excluding hydrogens is 296 g/mol. The summed E-state index contributed by atoms with van der Waals surface area (Å²) in [6.45, 7) is 7.90. The maximum atomic E-state index is 13.0. The Morgan fingerprint density at radius 1 is 1.25 bits per heavy atom. The van der Waals surface area contributed by atoms with Gasteiger partial charge in [0.15, 0.2) is 0 Å². The van der Waals surface area contributed by atoms with Crippen LogP contribution in [0.2, 0.25) is 0 Å². The first-order valence-electron chi connectivity index (χ1n) is 9.24. The molecule has 1 fully saturated rings. The van der Waals surface area contributed by atoms with E-state index < -0.39 is 0 Å². The lowest BCUT2D eigenvalue weighted by atomic mass is 9.64. The van der Waals surface area contributed by atoms with Crippen LogP contribution in [0.3, 0.4) is 0 Å². The van der Waals surface area contributed by atoms with E-state index in [1.165, 1.54) is 11.1 Å². The average Bonchev–Trinajstić information content (AvgIpc) is 2.61. The lowest BCUT2D eigenvalue weighted by Gasteiger charge is -2.38. The Morgan fingerprint density at radius 2 is 1.92 bits per heavy atom. The van der Waals surface area contributed by atoms with Gasteiger partial charge in [-0.2, -0.15) is 0 Å². The van der Waals surface area contributed by atoms with Gasteiger partial charge in [-0.3, -0.25) is 9.59 Å². The molecule has 1 aliphatic carbocycles. The highest BCUT2D eigenvalue weighted by Crippen LogP contribution is 2.44. The maximum Gasteiger partial charge on any atom is 0.139 e. The highest BCUT2D eigenvalue weighted by Gasteiger charge is 2.41. The summed E-state index contributed by atoms with van der Waals surface area (Å²) < 4.78 is 0. The number of hydrogen-bond acceptors (Lipinski definition) is 2. The second-order valence-corrected chi connectivity index (χ2v) is 7.22. The van der Waals surface area contributed by atoms with E-state index in [4.69, 9.17) is 0 Å². The number of aryl methyl sites for hydroxylation is 2. The minimum absolute atomic E-state index is 0.164. The van der Waals surface area contributed by atoms with E-state index >= 15 is 0 Å². The van der Waals surface area contributed by atoms with Gasteiger partial charge < -0.3 is 0 Å². The fourth-order valence-corrected chi connectivity index (χ4v) is 4.06. The third-order valence-corrected chi connectivity index (χ3v) is 5.76. The Labute approximate surface area is 146 Å². The van der Waals surface area contributed by atoms with Crippen molar-refractivity contribution in [2.24, 2.45) is 11.3 Å². The van der Waals surface area contributed by atoms with Crippen molar-refractivity contribution in [1.82, 2.24) is 0 Å². The van der Waals surface area contributed by atoms with Crippen molar-refractivity contribution < 1.29 is 9.59 Å². The normalized spacial score (nSPS) is 23.7. The number of Topliss-reactive ketones (excluding diaryl/α,β-unsaturated/α-hetero) is 2. The van der Waals surface area contributed by atoms with Crippen LogP contribution >= 0.6 is 0 Å². The Kier molecular flexibility index (Phi) is 6.53. The molecule has 0 radical (unpaired) electrons. The van der Waals surface area contributed by atoms with Gasteiger partial charge in [-0.25, -0.2) is 0 Å². The van der Waals surface area contributed by atoms with Crippen molar-refractivity contribution in [3.8, 4) is 0 Å². The Hall–Kier alpha value is -1.70.